The number of H-pyrrole nitrogens is 1. The second-order valence-electron chi connectivity index (χ2n) is 5.24. The second-order valence-corrected chi connectivity index (χ2v) is 5.24. The maximum absolute atomic E-state index is 12.1. The Bertz CT molecular complexity index is 501. The third-order valence-corrected chi connectivity index (χ3v) is 2.53. The molecule has 2 heterocycles. The number of hydrogen-bond donors (Lipinski definition) is 1. The Morgan fingerprint density at radius 1 is 1.53 bits per heavy atom. The Balaban J connectivity index is 2.16. The number of aromatic nitrogens is 2. The average molecular weight is 271 g/mol. The van der Waals surface area contributed by atoms with E-state index in [1.165, 1.54) is 4.90 Å². The molecule has 1 atom stereocenters. The summed E-state index contributed by atoms with van der Waals surface area (Å²) >= 11 is 0. The summed E-state index contributed by atoms with van der Waals surface area (Å²) in [6.45, 7) is 6.39. The van der Waals surface area contributed by atoms with E-state index in [0.717, 1.165) is 0 Å². The molecule has 0 aliphatic carbocycles. The van der Waals surface area contributed by atoms with E-state index in [4.69, 9.17) is 9.47 Å². The van der Waals surface area contributed by atoms with Crippen LogP contribution in [0.5, 0.6) is 0 Å². The molecule has 1 saturated heterocycles. The van der Waals surface area contributed by atoms with Crippen molar-refractivity contribution in [3.05, 3.63) is 16.4 Å². The fraction of sp³-hybridized carbons (Fsp3) is 0.727. The SMILES string of the molecule is CC(C)(C)OC(=O)N1CCOC[C@H]1c1noc(=O)[nH]1. The van der Waals surface area contributed by atoms with E-state index in [1.807, 2.05) is 0 Å². The number of carbonyl (C=O) groups excluding carboxylic acids is 1. The van der Waals surface area contributed by atoms with Gasteiger partial charge in [-0.2, -0.15) is 0 Å². The number of carbonyl (C=O) groups is 1. The average Bonchev–Trinajstić information content (AvgIpc) is 2.73. The number of nitrogens with zero attached hydrogens (tertiary/aromatic N) is 2. The van der Waals surface area contributed by atoms with Crippen LogP contribution in [0.1, 0.15) is 32.6 Å². The number of morpholine rings is 1. The van der Waals surface area contributed by atoms with Crippen molar-refractivity contribution >= 4 is 6.09 Å². The molecule has 19 heavy (non-hydrogen) atoms. The maximum Gasteiger partial charge on any atom is 0.438 e. The minimum atomic E-state index is -0.662. The molecule has 0 radical (unpaired) electrons. The smallest absolute Gasteiger partial charge is 0.438 e. The lowest BCUT2D eigenvalue weighted by molar-refractivity contribution is -0.0354. The van der Waals surface area contributed by atoms with Gasteiger partial charge in [-0.1, -0.05) is 5.16 Å². The lowest BCUT2D eigenvalue weighted by Crippen LogP contribution is -2.46. The molecule has 1 amide bonds. The Morgan fingerprint density at radius 3 is 2.84 bits per heavy atom. The molecule has 1 fully saturated rings. The van der Waals surface area contributed by atoms with Crippen molar-refractivity contribution in [3.8, 4) is 0 Å². The van der Waals surface area contributed by atoms with Crippen molar-refractivity contribution in [2.24, 2.45) is 0 Å². The molecule has 1 N–H and O–H groups in total. The Hall–Kier alpha value is -1.83. The molecule has 0 bridgehead atoms. The van der Waals surface area contributed by atoms with Crippen LogP contribution in [0.2, 0.25) is 0 Å². The first-order valence-electron chi connectivity index (χ1n) is 6.00. The van der Waals surface area contributed by atoms with Gasteiger partial charge in [-0.15, -0.1) is 0 Å². The summed E-state index contributed by atoms with van der Waals surface area (Å²) in [6, 6.07) is -0.505. The molecule has 1 aromatic rings. The molecule has 0 aromatic carbocycles. The number of ether oxygens (including phenoxy) is 2. The third kappa shape index (κ3) is 3.34. The molecule has 106 valence electrons. The largest absolute Gasteiger partial charge is 0.444 e. The van der Waals surface area contributed by atoms with Crippen molar-refractivity contribution < 1.29 is 18.8 Å². The van der Waals surface area contributed by atoms with Gasteiger partial charge in [0.2, 0.25) is 0 Å². The second kappa shape index (κ2) is 5.04. The van der Waals surface area contributed by atoms with Crippen LogP contribution in [0, 0.1) is 0 Å². The van der Waals surface area contributed by atoms with E-state index in [0.29, 0.717) is 13.2 Å². The zero-order valence-corrected chi connectivity index (χ0v) is 11.1. The van der Waals surface area contributed by atoms with Gasteiger partial charge >= 0.3 is 11.8 Å². The van der Waals surface area contributed by atoms with Crippen LogP contribution in [0.3, 0.4) is 0 Å². The zero-order valence-electron chi connectivity index (χ0n) is 11.1. The summed E-state index contributed by atoms with van der Waals surface area (Å²) in [4.78, 5) is 27.0. The summed E-state index contributed by atoms with van der Waals surface area (Å²) in [5.41, 5.74) is -0.586. The number of hydrogen-bond acceptors (Lipinski definition) is 6. The van der Waals surface area contributed by atoms with Crippen LogP contribution in [0.15, 0.2) is 9.32 Å². The molecule has 1 aliphatic heterocycles. The van der Waals surface area contributed by atoms with E-state index < -0.39 is 23.5 Å². The van der Waals surface area contributed by atoms with Crippen LogP contribution < -0.4 is 5.76 Å². The van der Waals surface area contributed by atoms with Crippen LogP contribution in [-0.4, -0.2) is 46.5 Å². The van der Waals surface area contributed by atoms with Crippen molar-refractivity contribution in [2.75, 3.05) is 19.8 Å². The number of rotatable bonds is 1. The van der Waals surface area contributed by atoms with Gasteiger partial charge in [0, 0.05) is 6.54 Å². The highest BCUT2D eigenvalue weighted by Gasteiger charge is 2.34. The van der Waals surface area contributed by atoms with Crippen LogP contribution in [0.4, 0.5) is 4.79 Å². The minimum absolute atomic E-state index is 0.238. The molecule has 8 heteroatoms. The normalized spacial score (nSPS) is 20.4. The van der Waals surface area contributed by atoms with Crippen molar-refractivity contribution in [1.29, 1.82) is 0 Å². The number of nitrogens with one attached hydrogen (secondary N) is 1. The summed E-state index contributed by atoms with van der Waals surface area (Å²) in [5, 5.41) is 3.60. The Labute approximate surface area is 109 Å². The zero-order chi connectivity index (χ0) is 14.0. The summed E-state index contributed by atoms with van der Waals surface area (Å²) < 4.78 is 15.1. The molecular weight excluding hydrogens is 254 g/mol. The Kier molecular flexibility index (Phi) is 3.61. The van der Waals surface area contributed by atoms with E-state index in [1.54, 1.807) is 20.8 Å². The van der Waals surface area contributed by atoms with Gasteiger partial charge in [0.1, 0.15) is 11.6 Å². The first-order valence-corrected chi connectivity index (χ1v) is 6.00. The van der Waals surface area contributed by atoms with Crippen LogP contribution in [-0.2, 0) is 9.47 Å². The predicted molar refractivity (Wildman–Crippen MR) is 63.6 cm³/mol. The molecule has 0 saturated carbocycles. The summed E-state index contributed by atoms with van der Waals surface area (Å²) in [6.07, 6.45) is -0.468. The van der Waals surface area contributed by atoms with E-state index in [2.05, 4.69) is 14.7 Å². The topological polar surface area (TPSA) is 97.7 Å². The number of aromatic amines is 1. The molecule has 2 rings (SSSR count). The first kappa shape index (κ1) is 13.6. The van der Waals surface area contributed by atoms with Gasteiger partial charge in [-0.25, -0.2) is 9.59 Å². The fourth-order valence-corrected chi connectivity index (χ4v) is 1.75. The highest BCUT2D eigenvalue weighted by Crippen LogP contribution is 2.23. The van der Waals surface area contributed by atoms with Crippen LogP contribution in [0.25, 0.3) is 0 Å². The highest BCUT2D eigenvalue weighted by molar-refractivity contribution is 5.68. The van der Waals surface area contributed by atoms with E-state index in [9.17, 15) is 9.59 Å². The van der Waals surface area contributed by atoms with Gasteiger partial charge in [-0.3, -0.25) is 14.4 Å². The van der Waals surface area contributed by atoms with E-state index >= 15 is 0 Å². The van der Waals surface area contributed by atoms with Gasteiger partial charge in [0.05, 0.1) is 13.2 Å². The number of amides is 1. The van der Waals surface area contributed by atoms with Crippen molar-refractivity contribution in [1.82, 2.24) is 15.0 Å². The molecule has 8 nitrogen and oxygen atoms in total. The van der Waals surface area contributed by atoms with Crippen molar-refractivity contribution in [2.45, 2.75) is 32.4 Å². The van der Waals surface area contributed by atoms with Gasteiger partial charge in [-0.05, 0) is 20.8 Å². The summed E-state index contributed by atoms with van der Waals surface area (Å²) in [5.74, 6) is -0.403. The summed E-state index contributed by atoms with van der Waals surface area (Å²) in [7, 11) is 0. The Morgan fingerprint density at radius 2 is 2.26 bits per heavy atom. The third-order valence-electron chi connectivity index (χ3n) is 2.53. The monoisotopic (exact) mass is 271 g/mol. The lowest BCUT2D eigenvalue weighted by Gasteiger charge is -2.35. The quantitative estimate of drug-likeness (QED) is 0.806. The fourth-order valence-electron chi connectivity index (χ4n) is 1.75. The molecule has 0 spiro atoms. The first-order chi connectivity index (χ1) is 8.87. The predicted octanol–water partition coefficient (Wildman–Crippen LogP) is 0.671. The van der Waals surface area contributed by atoms with Gasteiger partial charge in [0.25, 0.3) is 0 Å². The standard InChI is InChI=1S/C11H17N3O5/c1-11(2,3)18-10(16)14-4-5-17-6-7(14)8-12-9(15)19-13-8/h7H,4-6H2,1-3H3,(H,12,13,15)/t7-/m0/s1. The van der Waals surface area contributed by atoms with Gasteiger partial charge < -0.3 is 9.47 Å². The van der Waals surface area contributed by atoms with Gasteiger partial charge in [0.15, 0.2) is 5.82 Å². The molecule has 1 aliphatic rings. The molecular formula is C11H17N3O5. The van der Waals surface area contributed by atoms with E-state index in [-0.39, 0.29) is 12.4 Å². The minimum Gasteiger partial charge on any atom is -0.444 e. The lowest BCUT2D eigenvalue weighted by atomic mass is 10.2. The van der Waals surface area contributed by atoms with Crippen molar-refractivity contribution in [3.63, 3.8) is 0 Å². The molecule has 1 aromatic heterocycles. The maximum atomic E-state index is 12.1. The molecule has 0 unspecified atom stereocenters. The highest BCUT2D eigenvalue weighted by atomic mass is 16.6. The van der Waals surface area contributed by atoms with Crippen LogP contribution >= 0.6 is 0 Å².